The number of rotatable bonds is 4. The van der Waals surface area contributed by atoms with Crippen LogP contribution >= 0.6 is 11.6 Å². The van der Waals surface area contributed by atoms with E-state index < -0.39 is 0 Å². The van der Waals surface area contributed by atoms with Crippen LogP contribution < -0.4 is 4.90 Å². The maximum Gasteiger partial charge on any atom is 0.242 e. The smallest absolute Gasteiger partial charge is 0.242 e. The number of amides is 1. The Morgan fingerprint density at radius 2 is 2.05 bits per heavy atom. The molecule has 1 aromatic heterocycles. The fourth-order valence-corrected chi connectivity index (χ4v) is 2.41. The summed E-state index contributed by atoms with van der Waals surface area (Å²) >= 11 is 6.03. The predicted molar refractivity (Wildman–Crippen MR) is 80.2 cm³/mol. The zero-order valence-corrected chi connectivity index (χ0v) is 13.0. The van der Waals surface area contributed by atoms with E-state index in [0.29, 0.717) is 23.3 Å². The first-order valence-electron chi connectivity index (χ1n) is 7.00. The highest BCUT2D eigenvalue weighted by Crippen LogP contribution is 2.19. The molecule has 2 rings (SSSR count). The van der Waals surface area contributed by atoms with Crippen molar-refractivity contribution in [2.45, 2.75) is 32.6 Å². The van der Waals surface area contributed by atoms with Crippen LogP contribution in [0, 0.1) is 0 Å². The molecule has 5 nitrogen and oxygen atoms in total. The minimum absolute atomic E-state index is 0.144. The zero-order valence-electron chi connectivity index (χ0n) is 12.3. The lowest BCUT2D eigenvalue weighted by Gasteiger charge is -2.22. The summed E-state index contributed by atoms with van der Waals surface area (Å²) in [5.41, 5.74) is 0. The van der Waals surface area contributed by atoms with Crippen LogP contribution in [0.25, 0.3) is 0 Å². The Bertz CT molecular complexity index is 486. The molecule has 1 aromatic rings. The Morgan fingerprint density at radius 1 is 1.40 bits per heavy atom. The second-order valence-electron chi connectivity index (χ2n) is 5.51. The van der Waals surface area contributed by atoms with Gasteiger partial charge in [0.1, 0.15) is 16.8 Å². The molecule has 1 fully saturated rings. The van der Waals surface area contributed by atoms with E-state index in [1.54, 1.807) is 6.07 Å². The van der Waals surface area contributed by atoms with Crippen LogP contribution in [-0.4, -0.2) is 47.5 Å². The molecule has 1 saturated heterocycles. The first-order valence-corrected chi connectivity index (χ1v) is 7.38. The molecule has 1 aliphatic heterocycles. The van der Waals surface area contributed by atoms with Crippen molar-refractivity contribution in [2.24, 2.45) is 0 Å². The summed E-state index contributed by atoms with van der Waals surface area (Å²) in [7, 11) is 1.86. The minimum Gasteiger partial charge on any atom is -0.350 e. The average Bonchev–Trinajstić information content (AvgIpc) is 2.91. The fraction of sp³-hybridized carbons (Fsp3) is 0.643. The van der Waals surface area contributed by atoms with Gasteiger partial charge in [-0.05, 0) is 12.8 Å². The standard InChI is InChI=1S/C14H21ClN4O/c1-10(2)14-16-11(15)8-12(17-14)18(3)9-13(20)19-6-4-5-7-19/h8,10H,4-7,9H2,1-3H3. The predicted octanol–water partition coefficient (Wildman–Crippen LogP) is 2.31. The summed E-state index contributed by atoms with van der Waals surface area (Å²) in [4.78, 5) is 24.6. The van der Waals surface area contributed by atoms with Crippen LogP contribution in [0.5, 0.6) is 0 Å². The highest BCUT2D eigenvalue weighted by Gasteiger charge is 2.20. The number of anilines is 1. The van der Waals surface area contributed by atoms with E-state index in [0.717, 1.165) is 25.9 Å². The zero-order chi connectivity index (χ0) is 14.7. The number of aromatic nitrogens is 2. The third kappa shape index (κ3) is 3.60. The van der Waals surface area contributed by atoms with Crippen molar-refractivity contribution in [3.8, 4) is 0 Å². The number of carbonyl (C=O) groups is 1. The van der Waals surface area contributed by atoms with E-state index in [-0.39, 0.29) is 11.8 Å². The first kappa shape index (κ1) is 15.0. The summed E-state index contributed by atoms with van der Waals surface area (Å²) in [6, 6.07) is 1.70. The molecule has 0 atom stereocenters. The normalized spacial score (nSPS) is 14.9. The number of hydrogen-bond donors (Lipinski definition) is 0. The number of halogens is 1. The van der Waals surface area contributed by atoms with Gasteiger partial charge >= 0.3 is 0 Å². The van der Waals surface area contributed by atoms with Gasteiger partial charge in [-0.3, -0.25) is 4.79 Å². The summed E-state index contributed by atoms with van der Waals surface area (Å²) < 4.78 is 0. The molecule has 1 amide bonds. The summed E-state index contributed by atoms with van der Waals surface area (Å²) in [5.74, 6) is 1.75. The molecule has 0 spiro atoms. The second kappa shape index (κ2) is 6.39. The molecular formula is C14H21ClN4O. The van der Waals surface area contributed by atoms with Crippen molar-refractivity contribution < 1.29 is 4.79 Å². The van der Waals surface area contributed by atoms with Crippen LogP contribution in [0.1, 0.15) is 38.4 Å². The van der Waals surface area contributed by atoms with Crippen LogP contribution in [0.15, 0.2) is 6.07 Å². The lowest BCUT2D eigenvalue weighted by molar-refractivity contribution is -0.128. The van der Waals surface area contributed by atoms with Gasteiger partial charge in [0.2, 0.25) is 5.91 Å². The van der Waals surface area contributed by atoms with Crippen LogP contribution in [-0.2, 0) is 4.79 Å². The molecule has 0 radical (unpaired) electrons. The number of nitrogens with zero attached hydrogens (tertiary/aromatic N) is 4. The van der Waals surface area contributed by atoms with Crippen molar-refractivity contribution in [1.29, 1.82) is 0 Å². The Morgan fingerprint density at radius 3 is 2.65 bits per heavy atom. The Balaban J connectivity index is 2.08. The van der Waals surface area contributed by atoms with Crippen molar-refractivity contribution >= 4 is 23.3 Å². The monoisotopic (exact) mass is 296 g/mol. The molecule has 0 aromatic carbocycles. The van der Waals surface area contributed by atoms with Crippen molar-refractivity contribution in [3.63, 3.8) is 0 Å². The van der Waals surface area contributed by atoms with Gasteiger partial charge in [0.25, 0.3) is 0 Å². The lowest BCUT2D eigenvalue weighted by Crippen LogP contribution is -2.37. The Kier molecular flexibility index (Phi) is 4.81. The molecule has 2 heterocycles. The SMILES string of the molecule is CC(C)c1nc(Cl)cc(N(C)CC(=O)N2CCCC2)n1. The molecule has 20 heavy (non-hydrogen) atoms. The maximum atomic E-state index is 12.1. The first-order chi connectivity index (χ1) is 9.47. The Hall–Kier alpha value is -1.36. The quantitative estimate of drug-likeness (QED) is 0.800. The largest absolute Gasteiger partial charge is 0.350 e. The summed E-state index contributed by atoms with van der Waals surface area (Å²) in [6.45, 7) is 6.10. The van der Waals surface area contributed by atoms with Gasteiger partial charge in [-0.15, -0.1) is 0 Å². The third-order valence-corrected chi connectivity index (χ3v) is 3.63. The number of carbonyl (C=O) groups excluding carboxylic acids is 1. The van der Waals surface area contributed by atoms with Gasteiger partial charge in [0.05, 0.1) is 6.54 Å². The molecule has 0 aliphatic carbocycles. The number of likely N-dealkylation sites (N-methyl/N-ethyl adjacent to an activating group) is 1. The van der Waals surface area contributed by atoms with Gasteiger partial charge in [0, 0.05) is 32.1 Å². The van der Waals surface area contributed by atoms with Gasteiger partial charge in [0.15, 0.2) is 0 Å². The van der Waals surface area contributed by atoms with Crippen molar-refractivity contribution in [3.05, 3.63) is 17.0 Å². The van der Waals surface area contributed by atoms with Crippen LogP contribution in [0.2, 0.25) is 5.15 Å². The van der Waals surface area contributed by atoms with Crippen molar-refractivity contribution in [1.82, 2.24) is 14.9 Å². The molecule has 110 valence electrons. The van der Waals surface area contributed by atoms with E-state index in [9.17, 15) is 4.79 Å². The van der Waals surface area contributed by atoms with Gasteiger partial charge in [-0.2, -0.15) is 0 Å². The Labute approximate surface area is 124 Å². The molecule has 0 bridgehead atoms. The minimum atomic E-state index is 0.144. The van der Waals surface area contributed by atoms with Gasteiger partial charge in [-0.1, -0.05) is 25.4 Å². The van der Waals surface area contributed by atoms with E-state index in [2.05, 4.69) is 9.97 Å². The van der Waals surface area contributed by atoms with E-state index >= 15 is 0 Å². The van der Waals surface area contributed by atoms with E-state index in [1.165, 1.54) is 0 Å². The van der Waals surface area contributed by atoms with Crippen LogP contribution in [0.4, 0.5) is 5.82 Å². The van der Waals surface area contributed by atoms with Crippen molar-refractivity contribution in [2.75, 3.05) is 31.6 Å². The third-order valence-electron chi connectivity index (χ3n) is 3.44. The number of likely N-dealkylation sites (tertiary alicyclic amines) is 1. The fourth-order valence-electron chi connectivity index (χ4n) is 2.23. The van der Waals surface area contributed by atoms with Gasteiger partial charge in [-0.25, -0.2) is 9.97 Å². The average molecular weight is 297 g/mol. The topological polar surface area (TPSA) is 49.3 Å². The van der Waals surface area contributed by atoms with E-state index in [4.69, 9.17) is 11.6 Å². The highest BCUT2D eigenvalue weighted by atomic mass is 35.5. The molecule has 0 saturated carbocycles. The lowest BCUT2D eigenvalue weighted by atomic mass is 10.2. The molecule has 1 aliphatic rings. The maximum absolute atomic E-state index is 12.1. The number of hydrogen-bond acceptors (Lipinski definition) is 4. The second-order valence-corrected chi connectivity index (χ2v) is 5.89. The molecular weight excluding hydrogens is 276 g/mol. The van der Waals surface area contributed by atoms with E-state index in [1.807, 2.05) is 30.7 Å². The molecule has 6 heteroatoms. The molecule has 0 N–H and O–H groups in total. The highest BCUT2D eigenvalue weighted by molar-refractivity contribution is 6.29. The summed E-state index contributed by atoms with van der Waals surface area (Å²) in [5, 5.41) is 0.416. The van der Waals surface area contributed by atoms with Crippen LogP contribution in [0.3, 0.4) is 0 Å². The molecule has 0 unspecified atom stereocenters. The van der Waals surface area contributed by atoms with Gasteiger partial charge < -0.3 is 9.80 Å². The summed E-state index contributed by atoms with van der Waals surface area (Å²) in [6.07, 6.45) is 2.21.